The SMILES string of the molecule is Cc1ncsc1CN(C[C@H]1CCNC1)C(=O)COCC(F)(F)F. The van der Waals surface area contributed by atoms with Gasteiger partial charge in [-0.25, -0.2) is 4.98 Å². The van der Waals surface area contributed by atoms with Crippen LogP contribution in [0.25, 0.3) is 0 Å². The highest BCUT2D eigenvalue weighted by atomic mass is 32.1. The summed E-state index contributed by atoms with van der Waals surface area (Å²) in [4.78, 5) is 18.9. The van der Waals surface area contributed by atoms with Gasteiger partial charge in [-0.15, -0.1) is 11.3 Å². The van der Waals surface area contributed by atoms with Gasteiger partial charge in [0, 0.05) is 11.4 Å². The molecule has 2 rings (SSSR count). The smallest absolute Gasteiger partial charge is 0.362 e. The van der Waals surface area contributed by atoms with E-state index in [1.807, 2.05) is 6.92 Å². The molecule has 0 radical (unpaired) electrons. The topological polar surface area (TPSA) is 54.5 Å². The largest absolute Gasteiger partial charge is 0.411 e. The van der Waals surface area contributed by atoms with Crippen molar-refractivity contribution in [2.24, 2.45) is 5.92 Å². The molecule has 1 aromatic rings. The molecule has 0 bridgehead atoms. The standard InChI is InChI=1S/C14H20F3N3O2S/c1-10-12(23-9-19-10)6-20(5-11-2-3-18-4-11)13(21)7-22-8-14(15,16)17/h9,11,18H,2-8H2,1H3/t11-/m0/s1. The number of halogens is 3. The van der Waals surface area contributed by atoms with Gasteiger partial charge in [-0.1, -0.05) is 0 Å². The van der Waals surface area contributed by atoms with E-state index in [9.17, 15) is 18.0 Å². The van der Waals surface area contributed by atoms with Gasteiger partial charge in [-0.3, -0.25) is 4.79 Å². The number of nitrogens with one attached hydrogen (secondary N) is 1. The molecule has 1 N–H and O–H groups in total. The summed E-state index contributed by atoms with van der Waals surface area (Å²) < 4.78 is 40.9. The Bertz CT molecular complexity index is 516. The van der Waals surface area contributed by atoms with E-state index >= 15 is 0 Å². The summed E-state index contributed by atoms with van der Waals surface area (Å²) in [7, 11) is 0. The zero-order chi connectivity index (χ0) is 16.9. The van der Waals surface area contributed by atoms with Crippen LogP contribution in [0.2, 0.25) is 0 Å². The Morgan fingerprint density at radius 1 is 1.57 bits per heavy atom. The first-order valence-corrected chi connectivity index (χ1v) is 8.25. The molecule has 0 spiro atoms. The molecule has 1 atom stereocenters. The van der Waals surface area contributed by atoms with Gasteiger partial charge in [0.05, 0.1) is 17.7 Å². The van der Waals surface area contributed by atoms with Crippen LogP contribution in [0.4, 0.5) is 13.2 Å². The van der Waals surface area contributed by atoms with Crippen LogP contribution >= 0.6 is 11.3 Å². The highest BCUT2D eigenvalue weighted by Crippen LogP contribution is 2.19. The van der Waals surface area contributed by atoms with Crippen LogP contribution in [0.15, 0.2) is 5.51 Å². The van der Waals surface area contributed by atoms with E-state index in [0.717, 1.165) is 30.1 Å². The lowest BCUT2D eigenvalue weighted by atomic mass is 10.1. The average Bonchev–Trinajstić information content (AvgIpc) is 3.09. The maximum absolute atomic E-state index is 12.3. The molecule has 0 saturated carbocycles. The fraction of sp³-hybridized carbons (Fsp3) is 0.714. The van der Waals surface area contributed by atoms with Crippen LogP contribution in [0.3, 0.4) is 0 Å². The molecule has 1 amide bonds. The molecule has 0 aliphatic carbocycles. The van der Waals surface area contributed by atoms with Crippen LogP contribution in [-0.2, 0) is 16.1 Å². The minimum absolute atomic E-state index is 0.315. The molecule has 0 unspecified atom stereocenters. The summed E-state index contributed by atoms with van der Waals surface area (Å²) in [6.45, 7) is 2.48. The number of carbonyl (C=O) groups is 1. The van der Waals surface area contributed by atoms with Crippen LogP contribution < -0.4 is 5.32 Å². The number of amides is 1. The van der Waals surface area contributed by atoms with E-state index in [0.29, 0.717) is 19.0 Å². The minimum atomic E-state index is -4.42. The number of aromatic nitrogens is 1. The van der Waals surface area contributed by atoms with E-state index in [2.05, 4.69) is 15.0 Å². The Labute approximate surface area is 136 Å². The molecular weight excluding hydrogens is 331 g/mol. The molecule has 5 nitrogen and oxygen atoms in total. The Kier molecular flexibility index (Phi) is 6.37. The van der Waals surface area contributed by atoms with E-state index in [1.165, 1.54) is 11.3 Å². The van der Waals surface area contributed by atoms with E-state index in [1.54, 1.807) is 10.4 Å². The van der Waals surface area contributed by atoms with Gasteiger partial charge in [0.1, 0.15) is 13.2 Å². The van der Waals surface area contributed by atoms with Gasteiger partial charge in [0.15, 0.2) is 0 Å². The van der Waals surface area contributed by atoms with E-state index < -0.39 is 25.3 Å². The van der Waals surface area contributed by atoms with Crippen molar-refractivity contribution in [2.45, 2.75) is 26.1 Å². The maximum atomic E-state index is 12.3. The van der Waals surface area contributed by atoms with Gasteiger partial charge in [0.25, 0.3) is 0 Å². The summed E-state index contributed by atoms with van der Waals surface area (Å²) in [6, 6.07) is 0. The number of alkyl halides is 3. The fourth-order valence-electron chi connectivity index (χ4n) is 2.43. The van der Waals surface area contributed by atoms with Crippen LogP contribution in [0.1, 0.15) is 17.0 Å². The van der Waals surface area contributed by atoms with Crippen molar-refractivity contribution < 1.29 is 22.7 Å². The molecule has 9 heteroatoms. The second kappa shape index (κ2) is 8.07. The van der Waals surface area contributed by atoms with Crippen molar-refractivity contribution in [3.63, 3.8) is 0 Å². The molecular formula is C14H20F3N3O2S. The summed E-state index contributed by atoms with van der Waals surface area (Å²) in [5.41, 5.74) is 2.54. The molecule has 1 fully saturated rings. The van der Waals surface area contributed by atoms with Crippen LogP contribution in [-0.4, -0.2) is 54.8 Å². The second-order valence-electron chi connectivity index (χ2n) is 5.60. The third kappa shape index (κ3) is 6.08. The highest BCUT2D eigenvalue weighted by Gasteiger charge is 2.29. The molecule has 1 aliphatic heterocycles. The normalized spacial score (nSPS) is 18.3. The number of rotatable bonds is 7. The third-order valence-corrected chi connectivity index (χ3v) is 4.58. The summed E-state index contributed by atoms with van der Waals surface area (Å²) >= 11 is 1.44. The van der Waals surface area contributed by atoms with Gasteiger partial charge in [-0.05, 0) is 32.4 Å². The van der Waals surface area contributed by atoms with E-state index in [-0.39, 0.29) is 0 Å². The van der Waals surface area contributed by atoms with Crippen LogP contribution in [0, 0.1) is 12.8 Å². The summed E-state index contributed by atoms with van der Waals surface area (Å²) in [5.74, 6) is -0.108. The fourth-order valence-corrected chi connectivity index (χ4v) is 3.22. The third-order valence-electron chi connectivity index (χ3n) is 3.66. The number of ether oxygens (including phenoxy) is 1. The van der Waals surface area contributed by atoms with Crippen molar-refractivity contribution in [1.29, 1.82) is 0 Å². The Morgan fingerprint density at radius 2 is 2.35 bits per heavy atom. The number of carbonyl (C=O) groups excluding carboxylic acids is 1. The number of aryl methyl sites for hydroxylation is 1. The van der Waals surface area contributed by atoms with Crippen molar-refractivity contribution in [3.8, 4) is 0 Å². The molecule has 1 saturated heterocycles. The van der Waals surface area contributed by atoms with Crippen molar-refractivity contribution in [3.05, 3.63) is 16.1 Å². The van der Waals surface area contributed by atoms with Gasteiger partial charge < -0.3 is 15.0 Å². The zero-order valence-corrected chi connectivity index (χ0v) is 13.7. The predicted octanol–water partition coefficient (Wildman–Crippen LogP) is 1.97. The first kappa shape index (κ1) is 18.2. The highest BCUT2D eigenvalue weighted by molar-refractivity contribution is 7.09. The Hall–Kier alpha value is -1.19. The van der Waals surface area contributed by atoms with Gasteiger partial charge in [0.2, 0.25) is 5.91 Å². The molecule has 2 heterocycles. The maximum Gasteiger partial charge on any atom is 0.411 e. The number of thiazole rings is 1. The lowest BCUT2D eigenvalue weighted by Crippen LogP contribution is -2.38. The zero-order valence-electron chi connectivity index (χ0n) is 12.9. The van der Waals surface area contributed by atoms with Crippen molar-refractivity contribution >= 4 is 17.2 Å². The Morgan fingerprint density at radius 3 is 2.91 bits per heavy atom. The first-order valence-electron chi connectivity index (χ1n) is 7.37. The Balaban J connectivity index is 1.94. The van der Waals surface area contributed by atoms with E-state index in [4.69, 9.17) is 0 Å². The molecule has 1 aromatic heterocycles. The van der Waals surface area contributed by atoms with Crippen LogP contribution in [0.5, 0.6) is 0 Å². The molecule has 130 valence electrons. The van der Waals surface area contributed by atoms with Crippen molar-refractivity contribution in [1.82, 2.24) is 15.2 Å². The van der Waals surface area contributed by atoms with Gasteiger partial charge in [-0.2, -0.15) is 13.2 Å². The second-order valence-corrected chi connectivity index (χ2v) is 6.54. The minimum Gasteiger partial charge on any atom is -0.362 e. The number of hydrogen-bond donors (Lipinski definition) is 1. The predicted molar refractivity (Wildman–Crippen MR) is 80.1 cm³/mol. The van der Waals surface area contributed by atoms with Gasteiger partial charge >= 0.3 is 6.18 Å². The summed E-state index contributed by atoms with van der Waals surface area (Å²) in [5, 5.41) is 3.22. The lowest BCUT2D eigenvalue weighted by molar-refractivity contribution is -0.178. The first-order chi connectivity index (χ1) is 10.8. The quantitative estimate of drug-likeness (QED) is 0.816. The molecule has 0 aromatic carbocycles. The lowest BCUT2D eigenvalue weighted by Gasteiger charge is -2.25. The number of nitrogens with zero attached hydrogens (tertiary/aromatic N) is 2. The van der Waals surface area contributed by atoms with Crippen molar-refractivity contribution in [2.75, 3.05) is 32.8 Å². The number of hydrogen-bond acceptors (Lipinski definition) is 5. The summed E-state index contributed by atoms with van der Waals surface area (Å²) in [6.07, 6.45) is -3.47. The molecule has 23 heavy (non-hydrogen) atoms. The molecule has 1 aliphatic rings. The monoisotopic (exact) mass is 351 g/mol. The average molecular weight is 351 g/mol.